The van der Waals surface area contributed by atoms with Crippen LogP contribution in [0, 0.1) is 34.5 Å². The predicted molar refractivity (Wildman–Crippen MR) is 98.2 cm³/mol. The lowest BCUT2D eigenvalue weighted by molar-refractivity contribution is -0.180. The van der Waals surface area contributed by atoms with Crippen molar-refractivity contribution in [2.75, 3.05) is 0 Å². The summed E-state index contributed by atoms with van der Waals surface area (Å²) in [6.07, 6.45) is 7.79. The molecule has 0 unspecified atom stereocenters. The first kappa shape index (κ1) is 18.1. The third kappa shape index (κ3) is 1.98. The van der Waals surface area contributed by atoms with Gasteiger partial charge in [0.05, 0.1) is 6.10 Å². The highest BCUT2D eigenvalue weighted by molar-refractivity contribution is 6.01. The van der Waals surface area contributed by atoms with Crippen LogP contribution in [-0.4, -0.2) is 33.5 Å². The zero-order valence-corrected chi connectivity index (χ0v) is 16.2. The second-order valence-corrected chi connectivity index (χ2v) is 9.67. The maximum absolute atomic E-state index is 12.4. The molecule has 0 radical (unpaired) electrons. The van der Waals surface area contributed by atoms with Crippen molar-refractivity contribution in [2.24, 2.45) is 34.5 Å². The number of aliphatic hydroxyl groups excluding tert-OH is 1. The summed E-state index contributed by atoms with van der Waals surface area (Å²) >= 11 is 0. The van der Waals surface area contributed by atoms with Crippen LogP contribution in [0.25, 0.3) is 0 Å². The molecule has 8 atom stereocenters. The number of rotatable bonds is 1. The van der Waals surface area contributed by atoms with Crippen LogP contribution in [-0.2, 0) is 9.59 Å². The minimum Gasteiger partial charge on any atom is -0.393 e. The molecule has 26 heavy (non-hydrogen) atoms. The fourth-order valence-corrected chi connectivity index (χ4v) is 7.41. The van der Waals surface area contributed by atoms with Crippen molar-refractivity contribution in [3.8, 4) is 0 Å². The molecule has 0 spiro atoms. The average molecular weight is 358 g/mol. The fraction of sp³-hybridized carbons (Fsp3) is 0.727. The molecule has 0 amide bonds. The molecule has 4 rings (SSSR count). The van der Waals surface area contributed by atoms with Gasteiger partial charge in [-0.05, 0) is 62.5 Å². The topological polar surface area (TPSA) is 74.6 Å². The van der Waals surface area contributed by atoms with E-state index in [0.717, 1.165) is 24.8 Å². The van der Waals surface area contributed by atoms with Crippen LogP contribution >= 0.6 is 0 Å². The fourth-order valence-electron chi connectivity index (χ4n) is 7.41. The third-order valence-corrected chi connectivity index (χ3v) is 8.61. The summed E-state index contributed by atoms with van der Waals surface area (Å²) in [5, 5.41) is 22.6. The normalized spacial score (nSPS) is 52.8. The summed E-state index contributed by atoms with van der Waals surface area (Å²) in [5.74, 6) is 0.252. The van der Waals surface area contributed by atoms with Gasteiger partial charge in [0.15, 0.2) is 11.6 Å². The van der Waals surface area contributed by atoms with Gasteiger partial charge in [-0.2, -0.15) is 0 Å². The van der Waals surface area contributed by atoms with E-state index in [1.807, 2.05) is 19.9 Å². The van der Waals surface area contributed by atoms with Gasteiger partial charge in [0.1, 0.15) is 5.60 Å². The molecule has 3 fully saturated rings. The summed E-state index contributed by atoms with van der Waals surface area (Å²) in [6, 6.07) is 0. The highest BCUT2D eigenvalue weighted by atomic mass is 16.3. The number of allylic oxidation sites excluding steroid dienone is 4. The molecule has 0 heterocycles. The largest absolute Gasteiger partial charge is 0.393 e. The van der Waals surface area contributed by atoms with Gasteiger partial charge in [0.25, 0.3) is 0 Å². The Hall–Kier alpha value is -1.26. The molecule has 2 N–H and O–H groups in total. The second-order valence-electron chi connectivity index (χ2n) is 9.67. The summed E-state index contributed by atoms with van der Waals surface area (Å²) in [5.41, 5.74) is -1.14. The summed E-state index contributed by atoms with van der Waals surface area (Å²) in [7, 11) is 0. The molecule has 4 aliphatic carbocycles. The zero-order chi connectivity index (χ0) is 19.1. The second kappa shape index (κ2) is 5.39. The minimum absolute atomic E-state index is 0.0337. The van der Waals surface area contributed by atoms with Gasteiger partial charge >= 0.3 is 0 Å². The molecule has 0 aromatic carbocycles. The first-order valence-corrected chi connectivity index (χ1v) is 9.91. The molecule has 0 saturated heterocycles. The Morgan fingerprint density at radius 2 is 2.00 bits per heavy atom. The lowest BCUT2D eigenvalue weighted by Gasteiger charge is -2.59. The Kier molecular flexibility index (Phi) is 3.75. The molecule has 142 valence electrons. The van der Waals surface area contributed by atoms with Crippen LogP contribution < -0.4 is 0 Å². The summed E-state index contributed by atoms with van der Waals surface area (Å²) < 4.78 is 0. The van der Waals surface area contributed by atoms with Crippen molar-refractivity contribution >= 4 is 11.6 Å². The van der Waals surface area contributed by atoms with Crippen molar-refractivity contribution in [1.82, 2.24) is 0 Å². The van der Waals surface area contributed by atoms with Crippen molar-refractivity contribution in [3.63, 3.8) is 0 Å². The predicted octanol–water partition coefficient (Wildman–Crippen LogP) is 2.83. The van der Waals surface area contributed by atoms with E-state index in [2.05, 4.69) is 6.92 Å². The Morgan fingerprint density at radius 1 is 1.31 bits per heavy atom. The maximum atomic E-state index is 12.4. The van der Waals surface area contributed by atoms with Crippen LogP contribution in [0.4, 0.5) is 0 Å². The first-order valence-electron chi connectivity index (χ1n) is 9.91. The van der Waals surface area contributed by atoms with Gasteiger partial charge in [-0.1, -0.05) is 32.4 Å². The van der Waals surface area contributed by atoms with Crippen LogP contribution in [0.15, 0.2) is 23.8 Å². The van der Waals surface area contributed by atoms with Crippen molar-refractivity contribution in [1.29, 1.82) is 0 Å². The highest BCUT2D eigenvalue weighted by Crippen LogP contribution is 2.68. The molecule has 0 bridgehead atoms. The number of aliphatic hydroxyl groups is 2. The van der Waals surface area contributed by atoms with Gasteiger partial charge in [0, 0.05) is 16.7 Å². The van der Waals surface area contributed by atoms with Gasteiger partial charge in [-0.3, -0.25) is 9.59 Å². The molecule has 4 aliphatic rings. The van der Waals surface area contributed by atoms with E-state index in [-0.39, 0.29) is 40.7 Å². The van der Waals surface area contributed by atoms with Crippen molar-refractivity contribution in [2.45, 2.75) is 65.1 Å². The third-order valence-electron chi connectivity index (χ3n) is 8.61. The number of hydrogen-bond acceptors (Lipinski definition) is 4. The molecule has 0 aromatic heterocycles. The van der Waals surface area contributed by atoms with E-state index >= 15 is 0 Å². The Morgan fingerprint density at radius 3 is 2.65 bits per heavy atom. The molecule has 4 nitrogen and oxygen atoms in total. The van der Waals surface area contributed by atoms with E-state index in [1.165, 1.54) is 6.92 Å². The number of hydrogen-bond donors (Lipinski definition) is 2. The van der Waals surface area contributed by atoms with Crippen LogP contribution in [0.5, 0.6) is 0 Å². The SMILES string of the molecule is CC(=O)[C@@]1(O)[C@@H](C)C[C@H]2[C@@H]3CCC4=CC(=O)C=C[C@]4(C)[C@H]3[C@@H](O)C[C@@]21C. The lowest BCUT2D eigenvalue weighted by Crippen LogP contribution is -2.61. The number of carbonyl (C=O) groups excluding carboxylic acids is 2. The zero-order valence-electron chi connectivity index (χ0n) is 16.2. The van der Waals surface area contributed by atoms with Gasteiger partial charge in [-0.15, -0.1) is 0 Å². The highest BCUT2D eigenvalue weighted by Gasteiger charge is 2.69. The van der Waals surface area contributed by atoms with Gasteiger partial charge in [0.2, 0.25) is 0 Å². The van der Waals surface area contributed by atoms with E-state index in [1.54, 1.807) is 12.2 Å². The molecular formula is C22H30O4. The first-order chi connectivity index (χ1) is 12.1. The maximum Gasteiger partial charge on any atom is 0.178 e. The molecule has 3 saturated carbocycles. The standard InChI is InChI=1S/C22H30O4/c1-12-9-17-16-6-5-14-10-15(24)7-8-20(14,3)19(16)18(25)11-21(17,4)22(12,26)13(2)23/h7-8,10,12,16-19,25-26H,5-6,9,11H2,1-4H3/t12-,16-,17-,18-,19+,20-,21-,22-/m0/s1. The molecular weight excluding hydrogens is 328 g/mol. The average Bonchev–Trinajstić information content (AvgIpc) is 2.76. The van der Waals surface area contributed by atoms with Gasteiger partial charge in [-0.25, -0.2) is 0 Å². The van der Waals surface area contributed by atoms with Crippen LogP contribution in [0.2, 0.25) is 0 Å². The Bertz CT molecular complexity index is 736. The quantitative estimate of drug-likeness (QED) is 0.756. The Balaban J connectivity index is 1.79. The molecule has 0 aliphatic heterocycles. The van der Waals surface area contributed by atoms with Crippen molar-refractivity contribution < 1.29 is 19.8 Å². The smallest absolute Gasteiger partial charge is 0.178 e. The van der Waals surface area contributed by atoms with Crippen LogP contribution in [0.1, 0.15) is 53.4 Å². The Labute approximate surface area is 155 Å². The van der Waals surface area contributed by atoms with Crippen molar-refractivity contribution in [3.05, 3.63) is 23.8 Å². The van der Waals surface area contributed by atoms with E-state index < -0.39 is 17.1 Å². The number of carbonyl (C=O) groups is 2. The van der Waals surface area contributed by atoms with E-state index in [4.69, 9.17) is 0 Å². The summed E-state index contributed by atoms with van der Waals surface area (Å²) in [4.78, 5) is 24.3. The summed E-state index contributed by atoms with van der Waals surface area (Å²) in [6.45, 7) is 7.61. The molecule has 0 aromatic rings. The number of fused-ring (bicyclic) bond motifs is 5. The van der Waals surface area contributed by atoms with Gasteiger partial charge < -0.3 is 10.2 Å². The van der Waals surface area contributed by atoms with Crippen LogP contribution in [0.3, 0.4) is 0 Å². The monoisotopic (exact) mass is 358 g/mol. The van der Waals surface area contributed by atoms with E-state index in [0.29, 0.717) is 6.42 Å². The minimum atomic E-state index is -1.36. The number of Topliss-reactive ketones (excluding diaryl/α,β-unsaturated/α-hetero) is 1. The number of ketones is 2. The molecule has 4 heteroatoms. The lowest BCUT2D eigenvalue weighted by atomic mass is 9.46. The van der Waals surface area contributed by atoms with E-state index in [9.17, 15) is 19.8 Å².